The molecular formula is C26H26N2O5S. The predicted molar refractivity (Wildman–Crippen MR) is 130 cm³/mol. The molecule has 1 aromatic heterocycles. The van der Waals surface area contributed by atoms with E-state index in [2.05, 4.69) is 22.8 Å². The zero-order valence-corrected chi connectivity index (χ0v) is 19.6. The number of carboxylic acids is 1. The average Bonchev–Trinajstić information content (AvgIpc) is 3.39. The molecule has 2 amide bonds. The molecule has 0 radical (unpaired) electrons. The summed E-state index contributed by atoms with van der Waals surface area (Å²) < 4.78 is 5.52. The van der Waals surface area contributed by atoms with Crippen molar-refractivity contribution in [1.82, 2.24) is 10.6 Å². The highest BCUT2D eigenvalue weighted by molar-refractivity contribution is 7.11. The Morgan fingerprint density at radius 2 is 1.65 bits per heavy atom. The van der Waals surface area contributed by atoms with E-state index in [0.29, 0.717) is 6.54 Å². The van der Waals surface area contributed by atoms with Crippen LogP contribution in [0.15, 0.2) is 60.7 Å². The molecular weight excluding hydrogens is 452 g/mol. The summed E-state index contributed by atoms with van der Waals surface area (Å²) >= 11 is 1.56. The molecule has 0 fully saturated rings. The molecule has 0 spiro atoms. The van der Waals surface area contributed by atoms with Gasteiger partial charge in [-0.3, -0.25) is 9.59 Å². The van der Waals surface area contributed by atoms with Crippen LogP contribution in [-0.2, 0) is 20.9 Å². The number of amides is 2. The standard InChI is InChI=1S/C26H26N2O5S/c1-16-10-11-17(34-16)14-27-25(31)23(12-13-24(29)30)28-26(32)33-15-22-20-8-4-2-6-18(20)19-7-3-5-9-21(19)22/h2-11,22-23H,12-15H2,1H3,(H,27,31)(H,28,32)(H,29,30). The summed E-state index contributed by atoms with van der Waals surface area (Å²) in [5.41, 5.74) is 4.41. The van der Waals surface area contributed by atoms with Gasteiger partial charge in [0.15, 0.2) is 0 Å². The monoisotopic (exact) mass is 478 g/mol. The number of alkyl carbamates (subject to hydrolysis) is 1. The minimum atomic E-state index is -1.04. The predicted octanol–water partition coefficient (Wildman–Crippen LogP) is 4.44. The SMILES string of the molecule is Cc1ccc(CNC(=O)C(CCC(=O)O)NC(=O)OCC2c3ccccc3-c3ccccc32)s1. The van der Waals surface area contributed by atoms with Crippen molar-refractivity contribution in [3.8, 4) is 11.1 Å². The molecule has 1 heterocycles. The van der Waals surface area contributed by atoms with E-state index in [1.807, 2.05) is 55.5 Å². The van der Waals surface area contributed by atoms with E-state index in [1.165, 1.54) is 0 Å². The van der Waals surface area contributed by atoms with E-state index in [0.717, 1.165) is 32.0 Å². The number of carbonyl (C=O) groups is 3. The zero-order chi connectivity index (χ0) is 24.1. The summed E-state index contributed by atoms with van der Waals surface area (Å²) in [6.45, 7) is 2.40. The average molecular weight is 479 g/mol. The van der Waals surface area contributed by atoms with E-state index in [9.17, 15) is 14.4 Å². The summed E-state index contributed by atoms with van der Waals surface area (Å²) in [6.07, 6.45) is -1.03. The number of carboxylic acid groups (broad SMARTS) is 1. The molecule has 1 atom stereocenters. The van der Waals surface area contributed by atoms with Crippen LogP contribution in [0.2, 0.25) is 0 Å². The van der Waals surface area contributed by atoms with Crippen molar-refractivity contribution in [2.75, 3.05) is 6.61 Å². The third-order valence-corrected chi connectivity index (χ3v) is 6.83. The lowest BCUT2D eigenvalue weighted by Gasteiger charge is -2.19. The van der Waals surface area contributed by atoms with Crippen LogP contribution in [0.4, 0.5) is 4.79 Å². The van der Waals surface area contributed by atoms with Crippen LogP contribution in [0.1, 0.15) is 39.6 Å². The van der Waals surface area contributed by atoms with Crippen molar-refractivity contribution in [3.05, 3.63) is 81.5 Å². The topological polar surface area (TPSA) is 105 Å². The molecule has 1 aliphatic carbocycles. The zero-order valence-electron chi connectivity index (χ0n) is 18.7. The quantitative estimate of drug-likeness (QED) is 0.422. The molecule has 176 valence electrons. The van der Waals surface area contributed by atoms with Crippen molar-refractivity contribution < 1.29 is 24.2 Å². The van der Waals surface area contributed by atoms with E-state index in [4.69, 9.17) is 9.84 Å². The number of benzene rings is 2. The largest absolute Gasteiger partial charge is 0.481 e. The minimum Gasteiger partial charge on any atom is -0.481 e. The lowest BCUT2D eigenvalue weighted by atomic mass is 9.98. The van der Waals surface area contributed by atoms with Gasteiger partial charge in [0.25, 0.3) is 0 Å². The van der Waals surface area contributed by atoms with Gasteiger partial charge in [0.05, 0.1) is 6.54 Å². The maximum Gasteiger partial charge on any atom is 0.407 e. The molecule has 0 bridgehead atoms. The third kappa shape index (κ3) is 5.46. The van der Waals surface area contributed by atoms with Gasteiger partial charge in [0.1, 0.15) is 12.6 Å². The second-order valence-corrected chi connectivity index (χ2v) is 9.56. The van der Waals surface area contributed by atoms with Gasteiger partial charge in [-0.2, -0.15) is 0 Å². The molecule has 0 saturated carbocycles. The first-order valence-corrected chi connectivity index (χ1v) is 11.9. The number of hydrogen-bond donors (Lipinski definition) is 3. The van der Waals surface area contributed by atoms with Crippen LogP contribution >= 0.6 is 11.3 Å². The van der Waals surface area contributed by atoms with E-state index < -0.39 is 24.0 Å². The minimum absolute atomic E-state index is 0.0329. The highest BCUT2D eigenvalue weighted by Gasteiger charge is 2.30. The Morgan fingerprint density at radius 1 is 1.00 bits per heavy atom. The number of rotatable bonds is 9. The van der Waals surface area contributed by atoms with Crippen LogP contribution in [0, 0.1) is 6.92 Å². The van der Waals surface area contributed by atoms with Gasteiger partial charge in [-0.1, -0.05) is 48.5 Å². The second-order valence-electron chi connectivity index (χ2n) is 8.19. The fourth-order valence-electron chi connectivity index (χ4n) is 4.20. The van der Waals surface area contributed by atoms with Crippen molar-refractivity contribution in [3.63, 3.8) is 0 Å². The Labute approximate surface area is 201 Å². The van der Waals surface area contributed by atoms with E-state index in [1.54, 1.807) is 11.3 Å². The summed E-state index contributed by atoms with van der Waals surface area (Å²) in [7, 11) is 0. The molecule has 3 N–H and O–H groups in total. The van der Waals surface area contributed by atoms with Crippen molar-refractivity contribution in [2.45, 2.75) is 38.3 Å². The van der Waals surface area contributed by atoms with Crippen molar-refractivity contribution in [1.29, 1.82) is 0 Å². The molecule has 2 aromatic carbocycles. The second kappa shape index (κ2) is 10.5. The first-order chi connectivity index (χ1) is 16.4. The van der Waals surface area contributed by atoms with E-state index in [-0.39, 0.29) is 25.4 Å². The number of fused-ring (bicyclic) bond motifs is 3. The van der Waals surface area contributed by atoms with Gasteiger partial charge in [-0.15, -0.1) is 11.3 Å². The molecule has 0 saturated heterocycles. The molecule has 34 heavy (non-hydrogen) atoms. The molecule has 8 heteroatoms. The highest BCUT2D eigenvalue weighted by atomic mass is 32.1. The third-order valence-electron chi connectivity index (χ3n) is 5.83. The fourth-order valence-corrected chi connectivity index (χ4v) is 5.03. The summed E-state index contributed by atoms with van der Waals surface area (Å²) in [5, 5.41) is 14.4. The fraction of sp³-hybridized carbons (Fsp3) is 0.269. The summed E-state index contributed by atoms with van der Waals surface area (Å²) in [6, 6.07) is 18.9. The van der Waals surface area contributed by atoms with Crippen LogP contribution in [0.3, 0.4) is 0 Å². The van der Waals surface area contributed by atoms with Crippen LogP contribution < -0.4 is 10.6 Å². The molecule has 0 aliphatic heterocycles. The Morgan fingerprint density at radius 3 is 2.24 bits per heavy atom. The van der Waals surface area contributed by atoms with Gasteiger partial charge in [-0.25, -0.2) is 4.79 Å². The Kier molecular flexibility index (Phi) is 7.27. The Hall–Kier alpha value is -3.65. The maximum absolute atomic E-state index is 12.7. The number of hydrogen-bond acceptors (Lipinski definition) is 5. The maximum atomic E-state index is 12.7. The van der Waals surface area contributed by atoms with Gasteiger partial charge in [-0.05, 0) is 47.7 Å². The summed E-state index contributed by atoms with van der Waals surface area (Å²) in [5.74, 6) is -1.59. The molecule has 3 aromatic rings. The van der Waals surface area contributed by atoms with Crippen molar-refractivity contribution >= 4 is 29.3 Å². The Balaban J connectivity index is 1.38. The number of thiophene rings is 1. The van der Waals surface area contributed by atoms with E-state index >= 15 is 0 Å². The van der Waals surface area contributed by atoms with Crippen LogP contribution in [0.25, 0.3) is 11.1 Å². The van der Waals surface area contributed by atoms with Gasteiger partial charge >= 0.3 is 12.1 Å². The summed E-state index contributed by atoms with van der Waals surface area (Å²) in [4.78, 5) is 38.4. The van der Waals surface area contributed by atoms with Gasteiger partial charge in [0.2, 0.25) is 5.91 Å². The molecule has 1 aliphatic rings. The lowest BCUT2D eigenvalue weighted by molar-refractivity contribution is -0.137. The Bertz CT molecular complexity index is 1160. The number of aliphatic carboxylic acids is 1. The first kappa shape index (κ1) is 23.5. The van der Waals surface area contributed by atoms with Gasteiger partial charge in [0, 0.05) is 22.1 Å². The van der Waals surface area contributed by atoms with Crippen molar-refractivity contribution in [2.24, 2.45) is 0 Å². The number of nitrogens with one attached hydrogen (secondary N) is 2. The lowest BCUT2D eigenvalue weighted by Crippen LogP contribution is -2.47. The smallest absolute Gasteiger partial charge is 0.407 e. The highest BCUT2D eigenvalue weighted by Crippen LogP contribution is 2.44. The number of ether oxygens (including phenoxy) is 1. The van der Waals surface area contributed by atoms with Crippen LogP contribution in [-0.4, -0.2) is 35.7 Å². The molecule has 1 unspecified atom stereocenters. The normalized spacial score (nSPS) is 13.0. The molecule has 7 nitrogen and oxygen atoms in total. The first-order valence-electron chi connectivity index (χ1n) is 11.1. The van der Waals surface area contributed by atoms with Crippen LogP contribution in [0.5, 0.6) is 0 Å². The molecule has 4 rings (SSSR count). The number of carbonyl (C=O) groups excluding carboxylic acids is 2. The van der Waals surface area contributed by atoms with Gasteiger partial charge < -0.3 is 20.5 Å². The number of aryl methyl sites for hydroxylation is 1.